The van der Waals surface area contributed by atoms with E-state index in [1.165, 1.54) is 0 Å². The Morgan fingerprint density at radius 3 is 2.68 bits per heavy atom. The molecule has 1 heterocycles. The lowest BCUT2D eigenvalue weighted by atomic mass is 10.1. The molecule has 0 bridgehead atoms. The second-order valence-electron chi connectivity index (χ2n) is 6.39. The molecule has 0 aliphatic rings. The zero-order chi connectivity index (χ0) is 20.1. The number of aromatic nitrogens is 2. The third kappa shape index (κ3) is 5.06. The summed E-state index contributed by atoms with van der Waals surface area (Å²) >= 11 is 12.2. The Bertz CT molecular complexity index is 972. The fourth-order valence-corrected chi connectivity index (χ4v) is 3.13. The predicted molar refractivity (Wildman–Crippen MR) is 111 cm³/mol. The fourth-order valence-electron chi connectivity index (χ4n) is 2.74. The van der Waals surface area contributed by atoms with Crippen LogP contribution in [0.25, 0.3) is 0 Å². The number of benzene rings is 2. The lowest BCUT2D eigenvalue weighted by Crippen LogP contribution is -2.26. The molecule has 146 valence electrons. The molecule has 0 atom stereocenters. The van der Waals surface area contributed by atoms with Crippen LogP contribution < -0.4 is 4.74 Å². The van der Waals surface area contributed by atoms with Gasteiger partial charge in [0.15, 0.2) is 0 Å². The van der Waals surface area contributed by atoms with Crippen molar-refractivity contribution in [3.05, 3.63) is 81.6 Å². The van der Waals surface area contributed by atoms with E-state index in [0.29, 0.717) is 40.2 Å². The van der Waals surface area contributed by atoms with Gasteiger partial charge >= 0.3 is 0 Å². The van der Waals surface area contributed by atoms with Gasteiger partial charge in [-0.05, 0) is 42.8 Å². The number of carbonyl (C=O) groups is 1. The highest BCUT2D eigenvalue weighted by Crippen LogP contribution is 2.20. The SMILES string of the molecule is CCn1cc(Cl)c(CN(C)C(=O)c2cccc(COc3cccc(Cl)c3)c2)n1. The van der Waals surface area contributed by atoms with E-state index in [-0.39, 0.29) is 5.91 Å². The first-order valence-corrected chi connectivity index (χ1v) is 9.66. The van der Waals surface area contributed by atoms with E-state index in [1.807, 2.05) is 37.3 Å². The molecule has 0 N–H and O–H groups in total. The fraction of sp³-hybridized carbons (Fsp3) is 0.238. The van der Waals surface area contributed by atoms with Gasteiger partial charge in [0.05, 0.1) is 11.6 Å². The summed E-state index contributed by atoms with van der Waals surface area (Å²) in [7, 11) is 1.73. The molecule has 0 radical (unpaired) electrons. The van der Waals surface area contributed by atoms with Crippen molar-refractivity contribution in [2.45, 2.75) is 26.6 Å². The van der Waals surface area contributed by atoms with Crippen molar-refractivity contribution in [3.63, 3.8) is 0 Å². The molecule has 7 heteroatoms. The van der Waals surface area contributed by atoms with Crippen LogP contribution in [0.5, 0.6) is 5.75 Å². The number of halogens is 2. The molecule has 5 nitrogen and oxygen atoms in total. The number of hydrogen-bond donors (Lipinski definition) is 0. The van der Waals surface area contributed by atoms with Crippen LogP contribution in [0.3, 0.4) is 0 Å². The normalized spacial score (nSPS) is 10.7. The van der Waals surface area contributed by atoms with Gasteiger partial charge in [-0.25, -0.2) is 0 Å². The first kappa shape index (κ1) is 20.2. The maximum atomic E-state index is 12.8. The van der Waals surface area contributed by atoms with Gasteiger partial charge in [0.25, 0.3) is 5.91 Å². The number of carbonyl (C=O) groups excluding carboxylic acids is 1. The van der Waals surface area contributed by atoms with Crippen LogP contribution in [0.2, 0.25) is 10.0 Å². The number of nitrogens with zero attached hydrogens (tertiary/aromatic N) is 3. The molecule has 3 rings (SSSR count). The number of aryl methyl sites for hydroxylation is 1. The van der Waals surface area contributed by atoms with Gasteiger partial charge in [0.2, 0.25) is 0 Å². The highest BCUT2D eigenvalue weighted by Gasteiger charge is 2.16. The summed E-state index contributed by atoms with van der Waals surface area (Å²) in [6.45, 7) is 3.40. The minimum Gasteiger partial charge on any atom is -0.489 e. The van der Waals surface area contributed by atoms with Gasteiger partial charge in [0.1, 0.15) is 18.1 Å². The Labute approximate surface area is 174 Å². The highest BCUT2D eigenvalue weighted by atomic mass is 35.5. The zero-order valence-electron chi connectivity index (χ0n) is 15.7. The minimum atomic E-state index is -0.105. The van der Waals surface area contributed by atoms with Crippen LogP contribution in [0.4, 0.5) is 0 Å². The second-order valence-corrected chi connectivity index (χ2v) is 7.23. The molecule has 3 aromatic rings. The smallest absolute Gasteiger partial charge is 0.253 e. The van der Waals surface area contributed by atoms with Gasteiger partial charge < -0.3 is 9.64 Å². The van der Waals surface area contributed by atoms with Crippen LogP contribution in [0, 0.1) is 0 Å². The molecule has 1 aromatic heterocycles. The maximum Gasteiger partial charge on any atom is 0.253 e. The Balaban J connectivity index is 1.66. The van der Waals surface area contributed by atoms with E-state index in [4.69, 9.17) is 27.9 Å². The minimum absolute atomic E-state index is 0.105. The lowest BCUT2D eigenvalue weighted by Gasteiger charge is -2.17. The molecule has 0 aliphatic carbocycles. The quantitative estimate of drug-likeness (QED) is 0.539. The van der Waals surface area contributed by atoms with E-state index in [1.54, 1.807) is 41.0 Å². The van der Waals surface area contributed by atoms with Gasteiger partial charge in [-0.15, -0.1) is 0 Å². The van der Waals surface area contributed by atoms with E-state index in [9.17, 15) is 4.79 Å². The maximum absolute atomic E-state index is 12.8. The van der Waals surface area contributed by atoms with Crippen molar-refractivity contribution >= 4 is 29.1 Å². The van der Waals surface area contributed by atoms with E-state index < -0.39 is 0 Å². The number of ether oxygens (including phenoxy) is 1. The molecule has 0 aliphatic heterocycles. The highest BCUT2D eigenvalue weighted by molar-refractivity contribution is 6.31. The van der Waals surface area contributed by atoms with Crippen molar-refractivity contribution in [2.24, 2.45) is 0 Å². The molecule has 28 heavy (non-hydrogen) atoms. The topological polar surface area (TPSA) is 47.4 Å². The summed E-state index contributed by atoms with van der Waals surface area (Å²) in [5, 5.41) is 5.57. The van der Waals surface area contributed by atoms with Crippen LogP contribution >= 0.6 is 23.2 Å². The summed E-state index contributed by atoms with van der Waals surface area (Å²) in [6, 6.07) is 14.6. The van der Waals surface area contributed by atoms with Crippen molar-refractivity contribution < 1.29 is 9.53 Å². The summed E-state index contributed by atoms with van der Waals surface area (Å²) in [5.74, 6) is 0.578. The molecule has 0 fully saturated rings. The van der Waals surface area contributed by atoms with E-state index >= 15 is 0 Å². The van der Waals surface area contributed by atoms with Crippen molar-refractivity contribution in [3.8, 4) is 5.75 Å². The van der Waals surface area contributed by atoms with Gasteiger partial charge in [0, 0.05) is 30.4 Å². The second kappa shape index (κ2) is 9.13. The molecule has 0 spiro atoms. The third-order valence-corrected chi connectivity index (χ3v) is 4.77. The van der Waals surface area contributed by atoms with Crippen molar-refractivity contribution in [2.75, 3.05) is 7.05 Å². The first-order valence-electron chi connectivity index (χ1n) is 8.91. The molecule has 0 saturated carbocycles. The molecular formula is C21H21Cl2N3O2. The van der Waals surface area contributed by atoms with Crippen molar-refractivity contribution in [1.82, 2.24) is 14.7 Å². The molecule has 2 aromatic carbocycles. The largest absolute Gasteiger partial charge is 0.489 e. The molecule has 0 unspecified atom stereocenters. The average molecular weight is 418 g/mol. The Morgan fingerprint density at radius 2 is 1.96 bits per heavy atom. The Morgan fingerprint density at radius 1 is 1.18 bits per heavy atom. The monoisotopic (exact) mass is 417 g/mol. The van der Waals surface area contributed by atoms with Gasteiger partial charge in [-0.2, -0.15) is 5.10 Å². The first-order chi connectivity index (χ1) is 13.5. The molecule has 1 amide bonds. The lowest BCUT2D eigenvalue weighted by molar-refractivity contribution is 0.0783. The van der Waals surface area contributed by atoms with Gasteiger partial charge in [-0.3, -0.25) is 9.48 Å². The van der Waals surface area contributed by atoms with Crippen LogP contribution in [-0.2, 0) is 19.7 Å². The van der Waals surface area contributed by atoms with Gasteiger partial charge in [-0.1, -0.05) is 41.4 Å². The standard InChI is InChI=1S/C21H21Cl2N3O2/c1-3-26-12-19(23)20(24-26)13-25(2)21(27)16-7-4-6-15(10-16)14-28-18-9-5-8-17(22)11-18/h4-12H,3,13-14H2,1-2H3. The number of rotatable bonds is 7. The molecular weight excluding hydrogens is 397 g/mol. The summed E-state index contributed by atoms with van der Waals surface area (Å²) in [5.41, 5.74) is 2.16. The zero-order valence-corrected chi connectivity index (χ0v) is 17.2. The predicted octanol–water partition coefficient (Wildman–Crippen LogP) is 5.06. The van der Waals surface area contributed by atoms with Crippen molar-refractivity contribution in [1.29, 1.82) is 0 Å². The summed E-state index contributed by atoms with van der Waals surface area (Å²) < 4.78 is 7.51. The third-order valence-electron chi connectivity index (χ3n) is 4.22. The van der Waals surface area contributed by atoms with Crippen LogP contribution in [0.1, 0.15) is 28.5 Å². The van der Waals surface area contributed by atoms with E-state index in [2.05, 4.69) is 5.10 Å². The van der Waals surface area contributed by atoms with E-state index in [0.717, 1.165) is 12.1 Å². The number of amides is 1. The molecule has 0 saturated heterocycles. The van der Waals surface area contributed by atoms with Crippen LogP contribution in [0.15, 0.2) is 54.7 Å². The van der Waals surface area contributed by atoms with Crippen LogP contribution in [-0.4, -0.2) is 27.6 Å². The summed E-state index contributed by atoms with van der Waals surface area (Å²) in [4.78, 5) is 14.4. The average Bonchev–Trinajstić information content (AvgIpc) is 3.05. The Kier molecular flexibility index (Phi) is 6.60. The number of hydrogen-bond acceptors (Lipinski definition) is 3. The Hall–Kier alpha value is -2.50. The summed E-state index contributed by atoms with van der Waals surface area (Å²) in [6.07, 6.45) is 1.77.